The fourth-order valence-electron chi connectivity index (χ4n) is 3.53. The molecule has 0 bridgehead atoms. The SMILES string of the molecule is COc1cc(/C=C/C(=O)N2CCN(C(=O)c3ccc(C(F)(F)F)cc3)CC2)ccc1OC(C)C. The van der Waals surface area contributed by atoms with Crippen LogP contribution in [-0.4, -0.2) is 61.0 Å². The minimum atomic E-state index is -4.45. The molecule has 0 atom stereocenters. The highest BCUT2D eigenvalue weighted by atomic mass is 19.4. The van der Waals surface area contributed by atoms with Crippen LogP contribution in [0.1, 0.15) is 35.3 Å². The van der Waals surface area contributed by atoms with Crippen LogP contribution in [0.5, 0.6) is 11.5 Å². The van der Waals surface area contributed by atoms with Crippen LogP contribution in [0.15, 0.2) is 48.5 Å². The van der Waals surface area contributed by atoms with Crippen LogP contribution in [0.4, 0.5) is 13.2 Å². The van der Waals surface area contributed by atoms with Gasteiger partial charge in [-0.05, 0) is 61.9 Å². The second-order valence-corrected chi connectivity index (χ2v) is 8.10. The van der Waals surface area contributed by atoms with Crippen molar-refractivity contribution >= 4 is 17.9 Å². The molecule has 2 amide bonds. The van der Waals surface area contributed by atoms with E-state index in [-0.39, 0.29) is 23.5 Å². The number of benzene rings is 2. The molecule has 1 saturated heterocycles. The van der Waals surface area contributed by atoms with Crippen LogP contribution < -0.4 is 9.47 Å². The van der Waals surface area contributed by atoms with E-state index >= 15 is 0 Å². The zero-order valence-corrected chi connectivity index (χ0v) is 19.3. The van der Waals surface area contributed by atoms with Crippen molar-refractivity contribution in [2.24, 2.45) is 0 Å². The Morgan fingerprint density at radius 2 is 1.56 bits per heavy atom. The Kier molecular flexibility index (Phi) is 7.86. The molecule has 182 valence electrons. The average Bonchev–Trinajstić information content (AvgIpc) is 2.82. The Bertz CT molecular complexity index is 1040. The van der Waals surface area contributed by atoms with E-state index in [1.165, 1.54) is 23.1 Å². The van der Waals surface area contributed by atoms with Crippen molar-refractivity contribution in [3.63, 3.8) is 0 Å². The van der Waals surface area contributed by atoms with Gasteiger partial charge in [-0.3, -0.25) is 9.59 Å². The first-order chi connectivity index (χ1) is 16.1. The van der Waals surface area contributed by atoms with Gasteiger partial charge in [-0.2, -0.15) is 13.2 Å². The maximum Gasteiger partial charge on any atom is 0.416 e. The van der Waals surface area contributed by atoms with Crippen molar-refractivity contribution in [1.82, 2.24) is 9.80 Å². The van der Waals surface area contributed by atoms with Gasteiger partial charge in [0.05, 0.1) is 18.8 Å². The van der Waals surface area contributed by atoms with E-state index in [0.29, 0.717) is 37.7 Å². The molecule has 34 heavy (non-hydrogen) atoms. The lowest BCUT2D eigenvalue weighted by Crippen LogP contribution is -2.50. The van der Waals surface area contributed by atoms with Gasteiger partial charge in [0.2, 0.25) is 5.91 Å². The lowest BCUT2D eigenvalue weighted by atomic mass is 10.1. The molecule has 0 spiro atoms. The molecule has 0 aromatic heterocycles. The van der Waals surface area contributed by atoms with E-state index in [9.17, 15) is 22.8 Å². The zero-order chi connectivity index (χ0) is 24.9. The van der Waals surface area contributed by atoms with Crippen molar-refractivity contribution in [3.8, 4) is 11.5 Å². The first-order valence-corrected chi connectivity index (χ1v) is 10.9. The van der Waals surface area contributed by atoms with Crippen LogP contribution in [0.2, 0.25) is 0 Å². The van der Waals surface area contributed by atoms with Crippen LogP contribution in [-0.2, 0) is 11.0 Å². The maximum absolute atomic E-state index is 12.7. The minimum absolute atomic E-state index is 0.00155. The van der Waals surface area contributed by atoms with Gasteiger partial charge < -0.3 is 19.3 Å². The summed E-state index contributed by atoms with van der Waals surface area (Å²) in [6.45, 7) is 5.11. The molecule has 1 heterocycles. The number of carbonyl (C=O) groups excluding carboxylic acids is 2. The largest absolute Gasteiger partial charge is 0.493 e. The average molecular weight is 476 g/mol. The van der Waals surface area contributed by atoms with Crippen molar-refractivity contribution in [2.75, 3.05) is 33.3 Å². The Balaban J connectivity index is 1.56. The molecule has 0 unspecified atom stereocenters. The molecular formula is C25H27F3N2O4. The Morgan fingerprint density at radius 1 is 0.941 bits per heavy atom. The second kappa shape index (κ2) is 10.6. The monoisotopic (exact) mass is 476 g/mol. The lowest BCUT2D eigenvalue weighted by Gasteiger charge is -2.34. The van der Waals surface area contributed by atoms with E-state index in [1.807, 2.05) is 19.9 Å². The number of ether oxygens (including phenoxy) is 2. The predicted octanol–water partition coefficient (Wildman–Crippen LogP) is 4.50. The molecule has 0 N–H and O–H groups in total. The van der Waals surface area contributed by atoms with Gasteiger partial charge in [-0.1, -0.05) is 6.07 Å². The highest BCUT2D eigenvalue weighted by Crippen LogP contribution is 2.30. The molecule has 0 aliphatic carbocycles. The van der Waals surface area contributed by atoms with Gasteiger partial charge in [0, 0.05) is 37.8 Å². The number of carbonyl (C=O) groups is 2. The van der Waals surface area contributed by atoms with Gasteiger partial charge in [0.15, 0.2) is 11.5 Å². The number of hydrogen-bond acceptors (Lipinski definition) is 4. The van der Waals surface area contributed by atoms with Gasteiger partial charge in [0.25, 0.3) is 5.91 Å². The molecule has 6 nitrogen and oxygen atoms in total. The maximum atomic E-state index is 12.7. The first kappa shape index (κ1) is 25.1. The number of piperazine rings is 1. The third-order valence-electron chi connectivity index (χ3n) is 5.31. The number of amides is 2. The summed E-state index contributed by atoms with van der Waals surface area (Å²) in [5.41, 5.74) is 0.162. The highest BCUT2D eigenvalue weighted by Gasteiger charge is 2.31. The molecule has 0 saturated carbocycles. The summed E-state index contributed by atoms with van der Waals surface area (Å²) in [7, 11) is 1.55. The quantitative estimate of drug-likeness (QED) is 0.576. The van der Waals surface area contributed by atoms with Gasteiger partial charge in [-0.15, -0.1) is 0 Å². The summed E-state index contributed by atoms with van der Waals surface area (Å²) in [5, 5.41) is 0. The minimum Gasteiger partial charge on any atom is -0.493 e. The molecule has 1 aliphatic rings. The smallest absolute Gasteiger partial charge is 0.416 e. The topological polar surface area (TPSA) is 59.1 Å². The normalized spacial score (nSPS) is 14.6. The van der Waals surface area contributed by atoms with Gasteiger partial charge in [0.1, 0.15) is 0 Å². The summed E-state index contributed by atoms with van der Waals surface area (Å²) in [6, 6.07) is 9.54. The molecule has 3 rings (SSSR count). The van der Waals surface area contributed by atoms with Crippen LogP contribution in [0.3, 0.4) is 0 Å². The summed E-state index contributed by atoms with van der Waals surface area (Å²) >= 11 is 0. The Hall–Kier alpha value is -3.49. The number of methoxy groups -OCH3 is 1. The second-order valence-electron chi connectivity index (χ2n) is 8.10. The molecule has 1 fully saturated rings. The van der Waals surface area contributed by atoms with E-state index in [4.69, 9.17) is 9.47 Å². The molecule has 1 aliphatic heterocycles. The molecule has 2 aromatic carbocycles. The van der Waals surface area contributed by atoms with E-state index in [2.05, 4.69) is 0 Å². The van der Waals surface area contributed by atoms with Crippen LogP contribution in [0.25, 0.3) is 6.08 Å². The number of hydrogen-bond donors (Lipinski definition) is 0. The molecule has 0 radical (unpaired) electrons. The third kappa shape index (κ3) is 6.30. The molecular weight excluding hydrogens is 449 g/mol. The first-order valence-electron chi connectivity index (χ1n) is 10.9. The van der Waals surface area contributed by atoms with Crippen LogP contribution in [0, 0.1) is 0 Å². The van der Waals surface area contributed by atoms with Crippen molar-refractivity contribution in [3.05, 3.63) is 65.2 Å². The van der Waals surface area contributed by atoms with E-state index < -0.39 is 11.7 Å². The number of rotatable bonds is 6. The van der Waals surface area contributed by atoms with E-state index in [1.54, 1.807) is 30.2 Å². The number of alkyl halides is 3. The number of halogens is 3. The van der Waals surface area contributed by atoms with Crippen molar-refractivity contribution in [1.29, 1.82) is 0 Å². The fourth-order valence-corrected chi connectivity index (χ4v) is 3.53. The highest BCUT2D eigenvalue weighted by molar-refractivity contribution is 5.95. The summed E-state index contributed by atoms with van der Waals surface area (Å²) in [5.74, 6) is 0.642. The predicted molar refractivity (Wildman–Crippen MR) is 122 cm³/mol. The standard InChI is InChI=1S/C25H27F3N2O4/c1-17(2)34-21-10-4-18(16-22(21)33-3)5-11-23(31)29-12-14-30(15-13-29)24(32)19-6-8-20(9-7-19)25(26,27)28/h4-11,16-17H,12-15H2,1-3H3/b11-5+. The summed E-state index contributed by atoms with van der Waals surface area (Å²) in [4.78, 5) is 28.4. The van der Waals surface area contributed by atoms with E-state index in [0.717, 1.165) is 17.7 Å². The molecule has 2 aromatic rings. The van der Waals surface area contributed by atoms with Crippen LogP contribution >= 0.6 is 0 Å². The lowest BCUT2D eigenvalue weighted by molar-refractivity contribution is -0.137. The summed E-state index contributed by atoms with van der Waals surface area (Å²) in [6.07, 6.45) is -1.30. The summed E-state index contributed by atoms with van der Waals surface area (Å²) < 4.78 is 49.2. The van der Waals surface area contributed by atoms with Gasteiger partial charge >= 0.3 is 6.18 Å². The van der Waals surface area contributed by atoms with Gasteiger partial charge in [-0.25, -0.2) is 0 Å². The Morgan fingerprint density at radius 3 is 2.12 bits per heavy atom. The van der Waals surface area contributed by atoms with Crippen molar-refractivity contribution < 1.29 is 32.2 Å². The van der Waals surface area contributed by atoms with Crippen molar-refractivity contribution in [2.45, 2.75) is 26.1 Å². The zero-order valence-electron chi connectivity index (χ0n) is 19.3. The molecule has 9 heteroatoms. The number of nitrogens with zero attached hydrogens (tertiary/aromatic N) is 2. The Labute approximate surface area is 196 Å². The fraction of sp³-hybridized carbons (Fsp3) is 0.360. The third-order valence-corrected chi connectivity index (χ3v) is 5.31.